The maximum Gasteiger partial charge on any atom is 0.246 e. The van der Waals surface area contributed by atoms with Crippen LogP contribution in [0.3, 0.4) is 0 Å². The number of hydrogen-bond donors (Lipinski definition) is 2. The molecule has 0 aliphatic carbocycles. The molecule has 0 atom stereocenters. The van der Waals surface area contributed by atoms with Gasteiger partial charge in [0.2, 0.25) is 11.7 Å². The van der Waals surface area contributed by atoms with Gasteiger partial charge in [0.05, 0.1) is 18.8 Å². The number of nitrogens with zero attached hydrogens (tertiary/aromatic N) is 4. The van der Waals surface area contributed by atoms with Crippen molar-refractivity contribution in [1.29, 1.82) is 0 Å². The summed E-state index contributed by atoms with van der Waals surface area (Å²) in [5, 5.41) is 11.0. The number of nitrogens with one attached hydrogen (secondary N) is 2. The van der Waals surface area contributed by atoms with Gasteiger partial charge in [-0.05, 0) is 31.2 Å². The van der Waals surface area contributed by atoms with Gasteiger partial charge in [-0.3, -0.25) is 4.98 Å². The van der Waals surface area contributed by atoms with Crippen LogP contribution in [0, 0.1) is 0 Å². The van der Waals surface area contributed by atoms with Crippen LogP contribution in [0.25, 0.3) is 11.4 Å². The number of pyridine rings is 1. The molecule has 0 aliphatic heterocycles. The highest BCUT2D eigenvalue weighted by Crippen LogP contribution is 2.19. The van der Waals surface area contributed by atoms with E-state index < -0.39 is 0 Å². The van der Waals surface area contributed by atoms with Crippen LogP contribution in [0.1, 0.15) is 18.5 Å². The van der Waals surface area contributed by atoms with E-state index in [2.05, 4.69) is 30.8 Å². The van der Waals surface area contributed by atoms with Crippen LogP contribution in [-0.2, 0) is 13.1 Å². The Labute approximate surface area is 179 Å². The fourth-order valence-electron chi connectivity index (χ4n) is 2.22. The largest absolute Gasteiger partial charge is 0.357 e. The fourth-order valence-corrected chi connectivity index (χ4v) is 2.41. The normalized spacial score (nSPS) is 11.0. The molecule has 1 aromatic carbocycles. The van der Waals surface area contributed by atoms with Crippen LogP contribution in [0.2, 0.25) is 5.02 Å². The lowest BCUT2D eigenvalue weighted by atomic mass is 10.2. The zero-order valence-electron chi connectivity index (χ0n) is 14.7. The van der Waals surface area contributed by atoms with Gasteiger partial charge in [0.15, 0.2) is 5.96 Å². The molecule has 3 rings (SSSR count). The fraction of sp³-hybridized carbons (Fsp3) is 0.222. The summed E-state index contributed by atoms with van der Waals surface area (Å²) in [6.45, 7) is 3.59. The quantitative estimate of drug-likeness (QED) is 0.306. The van der Waals surface area contributed by atoms with E-state index in [0.29, 0.717) is 35.8 Å². The minimum Gasteiger partial charge on any atom is -0.357 e. The van der Waals surface area contributed by atoms with Gasteiger partial charge < -0.3 is 15.2 Å². The molecule has 0 radical (unpaired) electrons. The van der Waals surface area contributed by atoms with Crippen molar-refractivity contribution >= 4 is 41.5 Å². The summed E-state index contributed by atoms with van der Waals surface area (Å²) in [5.41, 5.74) is 1.70. The summed E-state index contributed by atoms with van der Waals surface area (Å²) < 4.78 is 5.29. The highest BCUT2D eigenvalue weighted by atomic mass is 127. The van der Waals surface area contributed by atoms with Gasteiger partial charge >= 0.3 is 0 Å². The highest BCUT2D eigenvalue weighted by molar-refractivity contribution is 14.0. The number of benzene rings is 1. The van der Waals surface area contributed by atoms with Crippen molar-refractivity contribution in [2.24, 2.45) is 4.99 Å². The molecular formula is C18H20ClIN6O. The lowest BCUT2D eigenvalue weighted by Crippen LogP contribution is -2.36. The molecular weight excluding hydrogens is 479 g/mol. The number of aliphatic imine (C=N–C) groups is 1. The molecule has 0 unspecified atom stereocenters. The Bertz CT molecular complexity index is 871. The third-order valence-electron chi connectivity index (χ3n) is 3.43. The molecule has 7 nitrogen and oxygen atoms in total. The summed E-state index contributed by atoms with van der Waals surface area (Å²) in [4.78, 5) is 13.1. The van der Waals surface area contributed by atoms with Crippen LogP contribution in [0.15, 0.2) is 58.2 Å². The van der Waals surface area contributed by atoms with Crippen LogP contribution in [0.5, 0.6) is 0 Å². The van der Waals surface area contributed by atoms with E-state index >= 15 is 0 Å². The molecule has 0 fully saturated rings. The topological polar surface area (TPSA) is 88.2 Å². The first kappa shape index (κ1) is 21.1. The predicted octanol–water partition coefficient (Wildman–Crippen LogP) is 3.66. The number of guanidine groups is 1. The third kappa shape index (κ3) is 6.47. The smallest absolute Gasteiger partial charge is 0.246 e. The zero-order valence-corrected chi connectivity index (χ0v) is 17.8. The van der Waals surface area contributed by atoms with Crippen molar-refractivity contribution in [3.63, 3.8) is 0 Å². The first-order valence-corrected chi connectivity index (χ1v) is 8.63. The monoisotopic (exact) mass is 498 g/mol. The minimum atomic E-state index is 0. The van der Waals surface area contributed by atoms with Crippen LogP contribution in [0.4, 0.5) is 0 Å². The van der Waals surface area contributed by atoms with Gasteiger partial charge in [-0.25, -0.2) is 4.99 Å². The predicted molar refractivity (Wildman–Crippen MR) is 116 cm³/mol. The Morgan fingerprint density at radius 3 is 2.81 bits per heavy atom. The molecule has 27 heavy (non-hydrogen) atoms. The van der Waals surface area contributed by atoms with E-state index in [4.69, 9.17) is 16.1 Å². The first-order valence-electron chi connectivity index (χ1n) is 8.25. The van der Waals surface area contributed by atoms with Crippen LogP contribution >= 0.6 is 35.6 Å². The lowest BCUT2D eigenvalue weighted by molar-refractivity contribution is 0.375. The van der Waals surface area contributed by atoms with E-state index in [1.54, 1.807) is 18.3 Å². The highest BCUT2D eigenvalue weighted by Gasteiger charge is 2.09. The van der Waals surface area contributed by atoms with Crippen molar-refractivity contribution in [2.75, 3.05) is 6.54 Å². The maximum atomic E-state index is 6.00. The molecule has 9 heteroatoms. The molecule has 0 spiro atoms. The number of hydrogen-bond acceptors (Lipinski definition) is 5. The molecule has 0 saturated carbocycles. The molecule has 0 amide bonds. The van der Waals surface area contributed by atoms with E-state index in [1.165, 1.54) is 0 Å². The summed E-state index contributed by atoms with van der Waals surface area (Å²) in [7, 11) is 0. The molecule has 2 aromatic heterocycles. The minimum absolute atomic E-state index is 0. The summed E-state index contributed by atoms with van der Waals surface area (Å²) in [6.07, 6.45) is 1.75. The van der Waals surface area contributed by atoms with E-state index in [9.17, 15) is 0 Å². The SMILES string of the molecule is CCNC(=NCc1ccccn1)NCc1nc(-c2cccc(Cl)c2)no1.I. The number of aromatic nitrogens is 3. The van der Waals surface area contributed by atoms with Crippen molar-refractivity contribution in [2.45, 2.75) is 20.0 Å². The van der Waals surface area contributed by atoms with Crippen LogP contribution < -0.4 is 10.6 Å². The Hall–Kier alpha value is -2.20. The van der Waals surface area contributed by atoms with Crippen molar-refractivity contribution in [3.8, 4) is 11.4 Å². The van der Waals surface area contributed by atoms with Gasteiger partial charge in [-0.2, -0.15) is 4.98 Å². The summed E-state index contributed by atoms with van der Waals surface area (Å²) in [6, 6.07) is 13.1. The van der Waals surface area contributed by atoms with Gasteiger partial charge in [-0.1, -0.05) is 35.0 Å². The number of halogens is 2. The zero-order chi connectivity index (χ0) is 18.2. The maximum absolute atomic E-state index is 6.00. The van der Waals surface area contributed by atoms with Crippen LogP contribution in [-0.4, -0.2) is 27.6 Å². The van der Waals surface area contributed by atoms with Crippen molar-refractivity contribution in [1.82, 2.24) is 25.8 Å². The summed E-state index contributed by atoms with van der Waals surface area (Å²) >= 11 is 6.00. The van der Waals surface area contributed by atoms with Crippen molar-refractivity contribution in [3.05, 3.63) is 65.3 Å². The van der Waals surface area contributed by atoms with E-state index in [1.807, 2.05) is 37.3 Å². The molecule has 0 saturated heterocycles. The second-order valence-electron chi connectivity index (χ2n) is 5.39. The Kier molecular flexibility index (Phi) is 8.46. The first-order chi connectivity index (χ1) is 12.7. The van der Waals surface area contributed by atoms with Gasteiger partial charge in [0, 0.05) is 23.3 Å². The lowest BCUT2D eigenvalue weighted by Gasteiger charge is -2.09. The van der Waals surface area contributed by atoms with Gasteiger partial charge in [0.1, 0.15) is 0 Å². The molecule has 2 N–H and O–H groups in total. The summed E-state index contributed by atoms with van der Waals surface area (Å²) in [5.74, 6) is 1.61. The standard InChI is InChI=1S/C18H19ClN6O.HI/c1-2-20-18(22-11-15-8-3-4-9-21-15)23-12-16-24-17(25-26-16)13-6-5-7-14(19)10-13;/h3-10H,2,11-12H2,1H3,(H2,20,22,23);1H. The number of rotatable bonds is 6. The van der Waals surface area contributed by atoms with Crippen molar-refractivity contribution < 1.29 is 4.52 Å². The van der Waals surface area contributed by atoms with Gasteiger partial charge in [0.25, 0.3) is 0 Å². The average molecular weight is 499 g/mol. The van der Waals surface area contributed by atoms with E-state index in [-0.39, 0.29) is 24.0 Å². The Morgan fingerprint density at radius 1 is 1.19 bits per heavy atom. The Balaban J connectivity index is 0.00000261. The molecule has 0 bridgehead atoms. The second kappa shape index (κ2) is 10.8. The second-order valence-corrected chi connectivity index (χ2v) is 5.83. The third-order valence-corrected chi connectivity index (χ3v) is 3.66. The Morgan fingerprint density at radius 2 is 2.07 bits per heavy atom. The molecule has 3 aromatic rings. The molecule has 142 valence electrons. The van der Waals surface area contributed by atoms with Gasteiger partial charge in [-0.15, -0.1) is 24.0 Å². The molecule has 2 heterocycles. The average Bonchev–Trinajstić information content (AvgIpc) is 3.14. The molecule has 0 aliphatic rings. The van der Waals surface area contributed by atoms with E-state index in [0.717, 1.165) is 17.8 Å².